The van der Waals surface area contributed by atoms with Crippen molar-refractivity contribution in [3.8, 4) is 5.75 Å². The van der Waals surface area contributed by atoms with E-state index in [0.29, 0.717) is 5.92 Å². The number of hydrogen-bond donors (Lipinski definition) is 1. The lowest BCUT2D eigenvalue weighted by Gasteiger charge is -2.22. The summed E-state index contributed by atoms with van der Waals surface area (Å²) in [5.41, 5.74) is 3.18. The van der Waals surface area contributed by atoms with Crippen LogP contribution in [0.2, 0.25) is 0 Å². The zero-order valence-corrected chi connectivity index (χ0v) is 15.5. The zero-order valence-electron chi connectivity index (χ0n) is 15.5. The molecule has 1 aliphatic rings. The maximum Gasteiger partial charge on any atom is 0.142 e. The Hall–Kier alpha value is -2.62. The van der Waals surface area contributed by atoms with Crippen LogP contribution in [0.15, 0.2) is 42.5 Å². The summed E-state index contributed by atoms with van der Waals surface area (Å²) >= 11 is 0. The van der Waals surface area contributed by atoms with Gasteiger partial charge in [0.05, 0.1) is 12.6 Å². The minimum Gasteiger partial charge on any atom is -0.497 e. The molecule has 134 valence electrons. The van der Waals surface area contributed by atoms with Crippen LogP contribution in [0, 0.1) is 6.92 Å². The van der Waals surface area contributed by atoms with Gasteiger partial charge in [-0.05, 0) is 43.5 Å². The van der Waals surface area contributed by atoms with E-state index in [9.17, 15) is 0 Å². The van der Waals surface area contributed by atoms with E-state index in [1.54, 1.807) is 7.11 Å². The van der Waals surface area contributed by atoms with Crippen molar-refractivity contribution in [1.82, 2.24) is 9.97 Å². The number of ether oxygens (including phenoxy) is 1. The molecule has 0 aliphatic heterocycles. The summed E-state index contributed by atoms with van der Waals surface area (Å²) in [5.74, 6) is 3.17. The molecule has 26 heavy (non-hydrogen) atoms. The number of hydrogen-bond acceptors (Lipinski definition) is 4. The van der Waals surface area contributed by atoms with Crippen LogP contribution in [0.5, 0.6) is 5.75 Å². The average molecular weight is 347 g/mol. The Morgan fingerprint density at radius 2 is 1.81 bits per heavy atom. The zero-order chi connectivity index (χ0) is 17.9. The van der Waals surface area contributed by atoms with Crippen molar-refractivity contribution in [2.75, 3.05) is 12.4 Å². The van der Waals surface area contributed by atoms with E-state index in [1.807, 2.05) is 24.3 Å². The smallest absolute Gasteiger partial charge is 0.142 e. The standard InChI is InChI=1S/C22H25N3O/c1-15-8-6-13-19-20(15)22(23-17-11-7-12-18(14-17)26-2)25-21(24-19)16-9-4-3-5-10-16/h6-8,11-14,16H,3-5,9-10H2,1-2H3,(H,23,24,25). The molecular weight excluding hydrogens is 322 g/mol. The molecule has 0 spiro atoms. The minimum absolute atomic E-state index is 0.472. The summed E-state index contributed by atoms with van der Waals surface area (Å²) in [4.78, 5) is 9.89. The fourth-order valence-corrected chi connectivity index (χ4v) is 3.84. The van der Waals surface area contributed by atoms with Crippen LogP contribution in [-0.4, -0.2) is 17.1 Å². The Labute approximate surface area is 154 Å². The van der Waals surface area contributed by atoms with Crippen molar-refractivity contribution >= 4 is 22.4 Å². The molecule has 0 radical (unpaired) electrons. The van der Waals surface area contributed by atoms with Crippen molar-refractivity contribution in [2.24, 2.45) is 0 Å². The first-order chi connectivity index (χ1) is 12.7. The molecule has 4 rings (SSSR count). The molecule has 1 fully saturated rings. The van der Waals surface area contributed by atoms with E-state index >= 15 is 0 Å². The summed E-state index contributed by atoms with van der Waals surface area (Å²) in [7, 11) is 1.69. The van der Waals surface area contributed by atoms with Gasteiger partial charge in [0, 0.05) is 23.1 Å². The van der Waals surface area contributed by atoms with Crippen molar-refractivity contribution < 1.29 is 4.74 Å². The lowest BCUT2D eigenvalue weighted by atomic mass is 9.88. The Morgan fingerprint density at radius 1 is 1.00 bits per heavy atom. The lowest BCUT2D eigenvalue weighted by Crippen LogP contribution is -2.11. The first kappa shape index (κ1) is 16.8. The number of nitrogens with zero attached hydrogens (tertiary/aromatic N) is 2. The van der Waals surface area contributed by atoms with Crippen molar-refractivity contribution in [3.05, 3.63) is 53.9 Å². The van der Waals surface area contributed by atoms with Gasteiger partial charge in [0.25, 0.3) is 0 Å². The molecule has 0 bridgehead atoms. The maximum atomic E-state index is 5.35. The third-order valence-corrected chi connectivity index (χ3v) is 5.25. The van der Waals surface area contributed by atoms with Gasteiger partial charge in [0.2, 0.25) is 0 Å². The monoisotopic (exact) mass is 347 g/mol. The van der Waals surface area contributed by atoms with Crippen LogP contribution in [0.4, 0.5) is 11.5 Å². The fraction of sp³-hybridized carbons (Fsp3) is 0.364. The summed E-state index contributed by atoms with van der Waals surface area (Å²) in [6.07, 6.45) is 6.26. The first-order valence-corrected chi connectivity index (χ1v) is 9.43. The molecule has 0 saturated heterocycles. The highest BCUT2D eigenvalue weighted by atomic mass is 16.5. The molecule has 3 aromatic rings. The number of benzene rings is 2. The van der Waals surface area contributed by atoms with E-state index < -0.39 is 0 Å². The third kappa shape index (κ3) is 3.36. The van der Waals surface area contributed by atoms with Gasteiger partial charge in [-0.15, -0.1) is 0 Å². The highest BCUT2D eigenvalue weighted by molar-refractivity contribution is 5.93. The fourth-order valence-electron chi connectivity index (χ4n) is 3.84. The van der Waals surface area contributed by atoms with Gasteiger partial charge in [-0.3, -0.25) is 0 Å². The highest BCUT2D eigenvalue weighted by Crippen LogP contribution is 2.34. The number of fused-ring (bicyclic) bond motifs is 1. The Balaban J connectivity index is 1.79. The van der Waals surface area contributed by atoms with Crippen LogP contribution in [0.25, 0.3) is 10.9 Å². The van der Waals surface area contributed by atoms with Gasteiger partial charge in [-0.2, -0.15) is 0 Å². The minimum atomic E-state index is 0.472. The highest BCUT2D eigenvalue weighted by Gasteiger charge is 2.20. The Kier molecular flexibility index (Phi) is 4.74. The molecule has 2 aromatic carbocycles. The third-order valence-electron chi connectivity index (χ3n) is 5.25. The van der Waals surface area contributed by atoms with E-state index in [0.717, 1.165) is 34.0 Å². The van der Waals surface area contributed by atoms with E-state index in [1.165, 1.54) is 37.7 Å². The number of methoxy groups -OCH3 is 1. The molecule has 4 heteroatoms. The van der Waals surface area contributed by atoms with Gasteiger partial charge in [-0.25, -0.2) is 9.97 Å². The second-order valence-electron chi connectivity index (χ2n) is 7.09. The molecule has 1 N–H and O–H groups in total. The van der Waals surface area contributed by atoms with Crippen LogP contribution in [-0.2, 0) is 0 Å². The van der Waals surface area contributed by atoms with Crippen molar-refractivity contribution in [1.29, 1.82) is 0 Å². The second-order valence-corrected chi connectivity index (χ2v) is 7.09. The molecule has 0 unspecified atom stereocenters. The molecule has 1 aromatic heterocycles. The van der Waals surface area contributed by atoms with Crippen molar-refractivity contribution in [3.63, 3.8) is 0 Å². The number of anilines is 2. The second kappa shape index (κ2) is 7.32. The molecular formula is C22H25N3O. The number of aromatic nitrogens is 2. The summed E-state index contributed by atoms with van der Waals surface area (Å²) in [6.45, 7) is 2.11. The number of rotatable bonds is 4. The summed E-state index contributed by atoms with van der Waals surface area (Å²) in [6, 6.07) is 14.2. The first-order valence-electron chi connectivity index (χ1n) is 9.43. The van der Waals surface area contributed by atoms with E-state index in [4.69, 9.17) is 14.7 Å². The van der Waals surface area contributed by atoms with Gasteiger partial charge in [-0.1, -0.05) is 37.5 Å². The average Bonchev–Trinajstić information content (AvgIpc) is 2.68. The molecule has 1 aliphatic carbocycles. The summed E-state index contributed by atoms with van der Waals surface area (Å²) < 4.78 is 5.35. The predicted molar refractivity (Wildman–Crippen MR) is 106 cm³/mol. The Bertz CT molecular complexity index is 916. The van der Waals surface area contributed by atoms with Crippen molar-refractivity contribution in [2.45, 2.75) is 44.9 Å². The van der Waals surface area contributed by atoms with E-state index in [-0.39, 0.29) is 0 Å². The topological polar surface area (TPSA) is 47.0 Å². The SMILES string of the molecule is COc1cccc(Nc2nc(C3CCCCC3)nc3cccc(C)c23)c1. The van der Waals surface area contributed by atoms with E-state index in [2.05, 4.69) is 30.4 Å². The molecule has 0 atom stereocenters. The van der Waals surface area contributed by atoms with Crippen LogP contribution >= 0.6 is 0 Å². The lowest BCUT2D eigenvalue weighted by molar-refractivity contribution is 0.415. The largest absolute Gasteiger partial charge is 0.497 e. The predicted octanol–water partition coefficient (Wildman–Crippen LogP) is 5.74. The number of aryl methyl sites for hydroxylation is 1. The van der Waals surface area contributed by atoms with Crippen LogP contribution in [0.3, 0.4) is 0 Å². The molecule has 1 heterocycles. The molecule has 4 nitrogen and oxygen atoms in total. The van der Waals surface area contributed by atoms with Crippen LogP contribution < -0.4 is 10.1 Å². The maximum absolute atomic E-state index is 5.35. The quantitative estimate of drug-likeness (QED) is 0.654. The van der Waals surface area contributed by atoms with Gasteiger partial charge >= 0.3 is 0 Å². The molecule has 1 saturated carbocycles. The summed E-state index contributed by atoms with van der Waals surface area (Å²) in [5, 5.41) is 4.60. The van der Waals surface area contributed by atoms with Crippen LogP contribution in [0.1, 0.15) is 49.4 Å². The Morgan fingerprint density at radius 3 is 2.62 bits per heavy atom. The normalized spacial score (nSPS) is 15.2. The van der Waals surface area contributed by atoms with Gasteiger partial charge in [0.1, 0.15) is 17.4 Å². The van der Waals surface area contributed by atoms with Gasteiger partial charge < -0.3 is 10.1 Å². The molecule has 0 amide bonds. The van der Waals surface area contributed by atoms with Gasteiger partial charge in [0.15, 0.2) is 0 Å². The number of nitrogens with one attached hydrogen (secondary N) is 1.